The molecule has 1 fully saturated rings. The second-order valence-electron chi connectivity index (χ2n) is 9.78. The smallest absolute Gasteiger partial charge is 0.293 e. The summed E-state index contributed by atoms with van der Waals surface area (Å²) in [5.74, 6) is -1.96. The summed E-state index contributed by atoms with van der Waals surface area (Å²) in [7, 11) is -3.95. The van der Waals surface area contributed by atoms with Crippen molar-refractivity contribution in [2.75, 3.05) is 26.2 Å². The third-order valence-corrected chi connectivity index (χ3v) is 8.93. The van der Waals surface area contributed by atoms with E-state index in [1.54, 1.807) is 40.0 Å². The number of pyridine rings is 1. The Morgan fingerprint density at radius 2 is 1.82 bits per heavy atom. The lowest BCUT2D eigenvalue weighted by Gasteiger charge is -2.42. The number of hydrogen-bond donors (Lipinski definition) is 0. The quantitative estimate of drug-likeness (QED) is 0.306. The number of alkyl halides is 3. The zero-order valence-corrected chi connectivity index (χ0v) is 22.1. The van der Waals surface area contributed by atoms with Crippen molar-refractivity contribution in [2.24, 2.45) is 5.92 Å². The molecular weight excluding hydrogens is 534 g/mol. The molecule has 0 bridgehead atoms. The first-order valence-corrected chi connectivity index (χ1v) is 13.9. The lowest BCUT2D eigenvalue weighted by molar-refractivity contribution is -0.176. The third kappa shape index (κ3) is 5.41. The molecule has 7 nitrogen and oxygen atoms in total. The van der Waals surface area contributed by atoms with Crippen LogP contribution in [0, 0.1) is 18.7 Å². The average molecular weight is 562 g/mol. The van der Waals surface area contributed by atoms with Gasteiger partial charge < -0.3 is 0 Å². The Morgan fingerprint density at radius 1 is 1.08 bits per heavy atom. The molecule has 1 aliphatic rings. The number of sulfonamides is 1. The van der Waals surface area contributed by atoms with Gasteiger partial charge in [0, 0.05) is 43.8 Å². The predicted octanol–water partition coefficient (Wildman–Crippen LogP) is 5.11. The molecule has 1 aliphatic heterocycles. The molecule has 12 heteroatoms. The maximum Gasteiger partial charge on any atom is 0.392 e. The number of halogens is 4. The second kappa shape index (κ2) is 10.3. The Kier molecular flexibility index (Phi) is 7.21. The van der Waals surface area contributed by atoms with Gasteiger partial charge in [-0.25, -0.2) is 22.5 Å². The van der Waals surface area contributed by atoms with Crippen molar-refractivity contribution in [3.8, 4) is 5.69 Å². The number of aryl methyl sites for hydroxylation is 1. The maximum absolute atomic E-state index is 13.5. The summed E-state index contributed by atoms with van der Waals surface area (Å²) in [6.07, 6.45) is -1.35. The maximum atomic E-state index is 13.5. The molecular formula is C27H27F4N5O2S. The highest BCUT2D eigenvalue weighted by Gasteiger charge is 2.41. The van der Waals surface area contributed by atoms with Gasteiger partial charge in [-0.2, -0.15) is 22.6 Å². The molecule has 3 heterocycles. The van der Waals surface area contributed by atoms with Gasteiger partial charge in [0.1, 0.15) is 5.82 Å². The van der Waals surface area contributed by atoms with E-state index in [2.05, 4.69) is 10.1 Å². The Labute approximate surface area is 223 Å². The van der Waals surface area contributed by atoms with E-state index in [4.69, 9.17) is 0 Å². The monoisotopic (exact) mass is 561 g/mol. The molecule has 5 rings (SSSR count). The molecule has 0 amide bonds. The first kappa shape index (κ1) is 27.2. The Bertz CT molecular complexity index is 1570. The molecule has 2 aromatic heterocycles. The SMILES string of the molecule is Cc1cc2c(cnn2-c2ccc(F)cc2)cc1[C@@H]1CN(S(=O)(=O)c2ccccn2)CCN1CC(C)C(F)(F)F. The minimum atomic E-state index is -4.38. The predicted molar refractivity (Wildman–Crippen MR) is 138 cm³/mol. The molecule has 0 radical (unpaired) electrons. The van der Waals surface area contributed by atoms with Crippen molar-refractivity contribution >= 4 is 20.9 Å². The van der Waals surface area contributed by atoms with Crippen molar-refractivity contribution < 1.29 is 26.0 Å². The molecule has 1 unspecified atom stereocenters. The van der Waals surface area contributed by atoms with Crippen LogP contribution in [-0.2, 0) is 10.0 Å². The fraction of sp³-hybridized carbons (Fsp3) is 0.333. The largest absolute Gasteiger partial charge is 0.392 e. The van der Waals surface area contributed by atoms with Crippen LogP contribution in [0.4, 0.5) is 17.6 Å². The van der Waals surface area contributed by atoms with E-state index < -0.39 is 28.2 Å². The summed E-state index contributed by atoms with van der Waals surface area (Å²) in [5.41, 5.74) is 2.89. The van der Waals surface area contributed by atoms with Gasteiger partial charge in [0.2, 0.25) is 0 Å². The third-order valence-electron chi connectivity index (χ3n) is 7.15. The molecule has 206 valence electrons. The standard InChI is InChI=1S/C27H27F4N5O2S/c1-18-13-24-20(15-33-36(24)22-8-6-21(28)7-9-22)14-23(18)25-17-35(39(37,38)26-5-3-4-10-32-26)12-11-34(25)16-19(2)27(29,30)31/h3-10,13-15,19,25H,11-12,16-17H2,1-2H3/t19?,25-/m0/s1. The van der Waals surface area contributed by atoms with Gasteiger partial charge in [-0.1, -0.05) is 13.0 Å². The summed E-state index contributed by atoms with van der Waals surface area (Å²) in [6, 6.07) is 13.6. The second-order valence-corrected chi connectivity index (χ2v) is 11.7. The molecule has 1 saturated heterocycles. The van der Waals surface area contributed by atoms with Crippen molar-refractivity contribution in [1.29, 1.82) is 0 Å². The lowest BCUT2D eigenvalue weighted by atomic mass is 9.95. The topological polar surface area (TPSA) is 71.3 Å². The summed E-state index contributed by atoms with van der Waals surface area (Å²) in [6.45, 7) is 2.86. The van der Waals surface area contributed by atoms with E-state index in [0.29, 0.717) is 5.69 Å². The van der Waals surface area contributed by atoms with Crippen molar-refractivity contribution in [3.63, 3.8) is 0 Å². The lowest BCUT2D eigenvalue weighted by Crippen LogP contribution is -2.52. The van der Waals surface area contributed by atoms with E-state index in [1.807, 2.05) is 19.1 Å². The molecule has 2 atom stereocenters. The van der Waals surface area contributed by atoms with E-state index in [0.717, 1.165) is 29.0 Å². The van der Waals surface area contributed by atoms with Crippen LogP contribution in [0.5, 0.6) is 0 Å². The zero-order chi connectivity index (χ0) is 27.9. The number of piperazine rings is 1. The van der Waals surface area contributed by atoms with Gasteiger partial charge in [-0.3, -0.25) is 4.90 Å². The molecule has 0 aliphatic carbocycles. The van der Waals surface area contributed by atoms with Crippen molar-refractivity contribution in [2.45, 2.75) is 31.1 Å². The first-order chi connectivity index (χ1) is 18.4. The van der Waals surface area contributed by atoms with Crippen LogP contribution in [0.15, 0.2) is 72.0 Å². The normalized spacial score (nSPS) is 18.5. The van der Waals surface area contributed by atoms with E-state index >= 15 is 0 Å². The minimum Gasteiger partial charge on any atom is -0.293 e. The van der Waals surface area contributed by atoms with E-state index in [1.165, 1.54) is 28.7 Å². The summed E-state index contributed by atoms with van der Waals surface area (Å²) >= 11 is 0. The highest BCUT2D eigenvalue weighted by Crippen LogP contribution is 2.36. The van der Waals surface area contributed by atoms with Gasteiger partial charge in [0.25, 0.3) is 10.0 Å². The van der Waals surface area contributed by atoms with Gasteiger partial charge in [-0.15, -0.1) is 0 Å². The van der Waals surface area contributed by atoms with Crippen LogP contribution in [0.1, 0.15) is 24.1 Å². The van der Waals surface area contributed by atoms with E-state index in [9.17, 15) is 26.0 Å². The number of rotatable bonds is 6. The first-order valence-electron chi connectivity index (χ1n) is 12.4. The molecule has 0 N–H and O–H groups in total. The molecule has 4 aromatic rings. The van der Waals surface area contributed by atoms with E-state index in [-0.39, 0.29) is 37.0 Å². The van der Waals surface area contributed by atoms with Crippen LogP contribution >= 0.6 is 0 Å². The molecule has 39 heavy (non-hydrogen) atoms. The fourth-order valence-electron chi connectivity index (χ4n) is 4.96. The summed E-state index contributed by atoms with van der Waals surface area (Å²) < 4.78 is 83.7. The van der Waals surface area contributed by atoms with Crippen LogP contribution in [0.25, 0.3) is 16.6 Å². The Balaban J connectivity index is 1.54. The highest BCUT2D eigenvalue weighted by molar-refractivity contribution is 7.89. The number of benzene rings is 2. The number of hydrogen-bond acceptors (Lipinski definition) is 5. The van der Waals surface area contributed by atoms with Crippen molar-refractivity contribution in [1.82, 2.24) is 24.0 Å². The average Bonchev–Trinajstić information content (AvgIpc) is 3.31. The minimum absolute atomic E-state index is 0.0259. The molecule has 0 spiro atoms. The van der Waals surface area contributed by atoms with Crippen LogP contribution in [-0.4, -0.2) is 64.7 Å². The molecule has 0 saturated carbocycles. The number of fused-ring (bicyclic) bond motifs is 1. The number of aromatic nitrogens is 3. The summed E-state index contributed by atoms with van der Waals surface area (Å²) in [5, 5.41) is 5.06. The Hall–Kier alpha value is -3.35. The molecule has 2 aromatic carbocycles. The zero-order valence-electron chi connectivity index (χ0n) is 21.3. The van der Waals surface area contributed by atoms with Crippen LogP contribution < -0.4 is 0 Å². The van der Waals surface area contributed by atoms with Gasteiger partial charge in [0.15, 0.2) is 5.03 Å². The van der Waals surface area contributed by atoms with Gasteiger partial charge in [-0.05, 0) is 66.6 Å². The van der Waals surface area contributed by atoms with Crippen molar-refractivity contribution in [3.05, 3.63) is 83.9 Å². The number of nitrogens with zero attached hydrogens (tertiary/aromatic N) is 5. The van der Waals surface area contributed by atoms with Gasteiger partial charge >= 0.3 is 6.18 Å². The van der Waals surface area contributed by atoms with Crippen LogP contribution in [0.3, 0.4) is 0 Å². The van der Waals surface area contributed by atoms with Gasteiger partial charge in [0.05, 0.1) is 23.3 Å². The Morgan fingerprint density at radius 3 is 2.49 bits per heavy atom. The van der Waals surface area contributed by atoms with Crippen LogP contribution in [0.2, 0.25) is 0 Å². The summed E-state index contributed by atoms with van der Waals surface area (Å²) in [4.78, 5) is 5.70. The fourth-order valence-corrected chi connectivity index (χ4v) is 6.33. The highest BCUT2D eigenvalue weighted by atomic mass is 32.2.